The molecule has 0 spiro atoms. The van der Waals surface area contributed by atoms with Gasteiger partial charge in [-0.05, 0) is 36.1 Å². The van der Waals surface area contributed by atoms with Crippen LogP contribution in [0.4, 0.5) is 0 Å². The van der Waals surface area contributed by atoms with Crippen LogP contribution in [0.2, 0.25) is 0 Å². The first-order valence-electron chi connectivity index (χ1n) is 18.4. The molecule has 52 heavy (non-hydrogen) atoms. The molecular formula is C49H49ClN2. The van der Waals surface area contributed by atoms with Crippen LogP contribution in [0.3, 0.4) is 0 Å². The Morgan fingerprint density at radius 3 is 1.10 bits per heavy atom. The molecule has 0 fully saturated rings. The molecule has 262 valence electrons. The number of aromatic nitrogens is 2. The van der Waals surface area contributed by atoms with Gasteiger partial charge in [-0.25, -0.2) is 9.13 Å². The van der Waals surface area contributed by atoms with Crippen molar-refractivity contribution in [2.24, 2.45) is 0 Å². The molecule has 0 amide bonds. The maximum absolute atomic E-state index is 2.40. The zero-order valence-corrected chi connectivity index (χ0v) is 31.9. The maximum Gasteiger partial charge on any atom is 0.254 e. The van der Waals surface area contributed by atoms with Crippen LogP contribution in [0, 0.1) is 13.8 Å². The Morgan fingerprint density at radius 2 is 0.750 bits per heavy atom. The van der Waals surface area contributed by atoms with Crippen LogP contribution in [0.1, 0.15) is 107 Å². The summed E-state index contributed by atoms with van der Waals surface area (Å²) in [5.41, 5.74) is 15.7. The highest BCUT2D eigenvalue weighted by molar-refractivity contribution is 5.58. The van der Waals surface area contributed by atoms with E-state index in [2.05, 4.69) is 215 Å². The highest BCUT2D eigenvalue weighted by Crippen LogP contribution is 2.39. The molecule has 3 heteroatoms. The predicted molar refractivity (Wildman–Crippen MR) is 213 cm³/mol. The van der Waals surface area contributed by atoms with Crippen LogP contribution >= 0.6 is 0 Å². The summed E-state index contributed by atoms with van der Waals surface area (Å²) in [5, 5.41) is 0. The summed E-state index contributed by atoms with van der Waals surface area (Å²) in [6.07, 6.45) is 6.85. The Balaban J connectivity index is 0.00000464. The van der Waals surface area contributed by atoms with Gasteiger partial charge in [-0.15, -0.1) is 0 Å². The molecule has 2 nitrogen and oxygen atoms in total. The average Bonchev–Trinajstić information content (AvgIpc) is 3.66. The van der Waals surface area contributed by atoms with Crippen LogP contribution in [0.25, 0.3) is 11.4 Å². The van der Waals surface area contributed by atoms with E-state index in [0.717, 1.165) is 0 Å². The molecule has 0 saturated heterocycles. The van der Waals surface area contributed by atoms with Gasteiger partial charge < -0.3 is 12.4 Å². The van der Waals surface area contributed by atoms with Crippen molar-refractivity contribution in [2.45, 2.75) is 65.2 Å². The second-order valence-electron chi connectivity index (χ2n) is 14.3. The predicted octanol–water partition coefficient (Wildman–Crippen LogP) is 8.98. The summed E-state index contributed by atoms with van der Waals surface area (Å²) in [6.45, 7) is 13.9. The fourth-order valence-electron chi connectivity index (χ4n) is 7.89. The lowest BCUT2D eigenvalue weighted by Crippen LogP contribution is -3.00. The van der Waals surface area contributed by atoms with Gasteiger partial charge in [0.05, 0.1) is 0 Å². The third-order valence-electron chi connectivity index (χ3n) is 10.8. The second kappa shape index (κ2) is 16.0. The van der Waals surface area contributed by atoms with E-state index in [9.17, 15) is 0 Å². The van der Waals surface area contributed by atoms with Crippen molar-refractivity contribution in [2.75, 3.05) is 0 Å². The van der Waals surface area contributed by atoms with Gasteiger partial charge in [-0.2, -0.15) is 0 Å². The van der Waals surface area contributed by atoms with Crippen LogP contribution in [-0.4, -0.2) is 4.57 Å². The van der Waals surface area contributed by atoms with E-state index in [0.29, 0.717) is 0 Å². The third-order valence-corrected chi connectivity index (χ3v) is 10.8. The first kappa shape index (κ1) is 36.6. The molecule has 1 heterocycles. The minimum Gasteiger partial charge on any atom is -1.00 e. The molecule has 6 aromatic carbocycles. The molecule has 0 aliphatic rings. The largest absolute Gasteiger partial charge is 1.00 e. The van der Waals surface area contributed by atoms with E-state index in [-0.39, 0.29) is 36.1 Å². The monoisotopic (exact) mass is 700 g/mol. The number of benzene rings is 6. The fourth-order valence-corrected chi connectivity index (χ4v) is 7.89. The first-order chi connectivity index (χ1) is 24.8. The van der Waals surface area contributed by atoms with Crippen LogP contribution < -0.4 is 17.0 Å². The van der Waals surface area contributed by atoms with Gasteiger partial charge in [0.25, 0.3) is 6.33 Å². The molecule has 0 aliphatic heterocycles. The highest BCUT2D eigenvalue weighted by Gasteiger charge is 2.29. The van der Waals surface area contributed by atoms with Gasteiger partial charge in [-0.1, -0.05) is 184 Å². The SMILES string of the molecule is Cc1cc(C(C)c2ccccc2)c(-n2cc[n+](-c3c(C(C)c4ccccc4)cc(C)cc3C(C)c3ccccc3)c2)c(C(C)c2ccccc2)c1.[Cl-]. The Bertz CT molecular complexity index is 1930. The van der Waals surface area contributed by atoms with E-state index in [4.69, 9.17) is 0 Å². The summed E-state index contributed by atoms with van der Waals surface area (Å²) < 4.78 is 4.77. The van der Waals surface area contributed by atoms with E-state index in [1.54, 1.807) is 0 Å². The molecule has 0 bridgehead atoms. The number of hydrogen-bond acceptors (Lipinski definition) is 0. The summed E-state index contributed by atoms with van der Waals surface area (Å²) >= 11 is 0. The van der Waals surface area contributed by atoms with E-state index in [1.165, 1.54) is 67.0 Å². The average molecular weight is 701 g/mol. The Kier molecular flexibility index (Phi) is 11.3. The van der Waals surface area contributed by atoms with Gasteiger partial charge in [0.15, 0.2) is 0 Å². The molecule has 7 rings (SSSR count). The zero-order valence-electron chi connectivity index (χ0n) is 31.2. The van der Waals surface area contributed by atoms with Crippen LogP contribution in [-0.2, 0) is 0 Å². The number of rotatable bonds is 10. The third kappa shape index (κ3) is 7.40. The number of imidazole rings is 1. The lowest BCUT2D eigenvalue weighted by molar-refractivity contribution is -0.596. The summed E-state index contributed by atoms with van der Waals surface area (Å²) in [4.78, 5) is 0. The van der Waals surface area contributed by atoms with Crippen molar-refractivity contribution in [3.63, 3.8) is 0 Å². The van der Waals surface area contributed by atoms with Crippen molar-refractivity contribution in [3.8, 4) is 11.4 Å². The van der Waals surface area contributed by atoms with Gasteiger partial charge in [0.2, 0.25) is 0 Å². The molecule has 7 aromatic rings. The van der Waals surface area contributed by atoms with Gasteiger partial charge in [-0.3, -0.25) is 0 Å². The fraction of sp³-hybridized carbons (Fsp3) is 0.204. The molecule has 4 atom stereocenters. The van der Waals surface area contributed by atoms with Gasteiger partial charge >= 0.3 is 0 Å². The topological polar surface area (TPSA) is 8.81 Å². The second-order valence-corrected chi connectivity index (χ2v) is 14.3. The Morgan fingerprint density at radius 1 is 0.442 bits per heavy atom. The molecule has 0 radical (unpaired) electrons. The summed E-state index contributed by atoms with van der Waals surface area (Å²) in [7, 11) is 0. The molecule has 0 N–H and O–H groups in total. The van der Waals surface area contributed by atoms with Crippen LogP contribution in [0.5, 0.6) is 0 Å². The molecular weight excluding hydrogens is 652 g/mol. The highest BCUT2D eigenvalue weighted by atomic mass is 35.5. The van der Waals surface area contributed by atoms with Gasteiger partial charge in [0.1, 0.15) is 23.8 Å². The molecule has 0 saturated carbocycles. The van der Waals surface area contributed by atoms with Crippen molar-refractivity contribution < 1.29 is 17.0 Å². The first-order valence-corrected chi connectivity index (χ1v) is 18.4. The standard InChI is InChI=1S/C49H49N2.ClH/c1-34-29-44(36(3)40-19-11-7-12-20-40)48(45(30-34)37(4)41-21-13-8-14-22-41)50-27-28-51(33-50)49-46(38(5)42-23-15-9-16-24-42)31-35(2)32-47(49)39(6)43-25-17-10-18-26-43;/h7-33,36-39H,1-6H3;1H/q+1;/p-1. The normalized spacial score (nSPS) is 13.5. The van der Waals surface area contributed by atoms with Crippen molar-refractivity contribution in [3.05, 3.63) is 220 Å². The van der Waals surface area contributed by atoms with E-state index in [1.807, 2.05) is 0 Å². The summed E-state index contributed by atoms with van der Waals surface area (Å²) in [6, 6.07) is 53.3. The molecule has 1 aromatic heterocycles. The lowest BCUT2D eigenvalue weighted by Gasteiger charge is -2.23. The smallest absolute Gasteiger partial charge is 0.254 e. The van der Waals surface area contributed by atoms with Crippen LogP contribution in [0.15, 0.2) is 164 Å². The van der Waals surface area contributed by atoms with E-state index < -0.39 is 0 Å². The van der Waals surface area contributed by atoms with Crippen molar-refractivity contribution in [1.82, 2.24) is 4.57 Å². The summed E-state index contributed by atoms with van der Waals surface area (Å²) in [5.74, 6) is 0.835. The number of halogens is 1. The molecule has 0 aliphatic carbocycles. The quantitative estimate of drug-likeness (QED) is 0.126. The maximum atomic E-state index is 2.40. The number of nitrogens with zero attached hydrogens (tertiary/aromatic N) is 2. The van der Waals surface area contributed by atoms with Crippen molar-refractivity contribution >= 4 is 0 Å². The van der Waals surface area contributed by atoms with Gasteiger partial charge in [0, 0.05) is 45.9 Å². The number of aryl methyl sites for hydroxylation is 2. The Hall–Kier alpha value is -5.18. The van der Waals surface area contributed by atoms with E-state index >= 15 is 0 Å². The molecule has 4 unspecified atom stereocenters. The van der Waals surface area contributed by atoms with Crippen molar-refractivity contribution in [1.29, 1.82) is 0 Å². The lowest BCUT2D eigenvalue weighted by atomic mass is 9.84. The number of hydrogen-bond donors (Lipinski definition) is 0. The minimum absolute atomic E-state index is 0. The Labute approximate surface area is 316 Å². The minimum atomic E-state index is 0. The zero-order chi connectivity index (χ0) is 35.5.